The third-order valence-electron chi connectivity index (χ3n) is 5.03. The van der Waals surface area contributed by atoms with Crippen molar-refractivity contribution in [2.24, 2.45) is 11.5 Å². The van der Waals surface area contributed by atoms with E-state index in [1.807, 2.05) is 31.2 Å². The Morgan fingerprint density at radius 1 is 0.865 bits per heavy atom. The Morgan fingerprint density at radius 2 is 1.43 bits per heavy atom. The van der Waals surface area contributed by atoms with Crippen LogP contribution in [0.15, 0.2) is 24.3 Å². The van der Waals surface area contributed by atoms with Crippen LogP contribution in [-0.4, -0.2) is 75.3 Å². The molecule has 0 bridgehead atoms. The van der Waals surface area contributed by atoms with E-state index < -0.39 is 29.6 Å². The van der Waals surface area contributed by atoms with Gasteiger partial charge in [0.2, 0.25) is 11.8 Å². The smallest absolute Gasteiger partial charge is 0.407 e. The first-order valence-corrected chi connectivity index (χ1v) is 12.4. The van der Waals surface area contributed by atoms with Crippen molar-refractivity contribution < 1.29 is 38.1 Å². The van der Waals surface area contributed by atoms with Gasteiger partial charge >= 0.3 is 6.09 Å². The maximum Gasteiger partial charge on any atom is 0.407 e. The van der Waals surface area contributed by atoms with E-state index in [0.717, 1.165) is 17.5 Å². The van der Waals surface area contributed by atoms with Crippen LogP contribution in [0.25, 0.3) is 0 Å². The van der Waals surface area contributed by atoms with Crippen molar-refractivity contribution in [3.63, 3.8) is 0 Å². The van der Waals surface area contributed by atoms with Gasteiger partial charge in [0.1, 0.15) is 12.2 Å². The fraction of sp³-hybridized carbons (Fsp3) is 0.654. The molecule has 11 heteroatoms. The van der Waals surface area contributed by atoms with E-state index in [4.69, 9.17) is 35.2 Å². The summed E-state index contributed by atoms with van der Waals surface area (Å²) in [4.78, 5) is 34.0. The van der Waals surface area contributed by atoms with Crippen molar-refractivity contribution in [1.82, 2.24) is 5.32 Å². The number of primary amides is 2. The maximum absolute atomic E-state index is 12.2. The minimum atomic E-state index is -0.633. The van der Waals surface area contributed by atoms with Gasteiger partial charge in [0.05, 0.1) is 51.8 Å². The van der Waals surface area contributed by atoms with E-state index >= 15 is 0 Å². The zero-order chi connectivity index (χ0) is 27.7. The Bertz CT molecular complexity index is 811. The maximum atomic E-state index is 12.2. The number of hydrogen-bond donors (Lipinski definition) is 3. The van der Waals surface area contributed by atoms with E-state index in [1.165, 1.54) is 0 Å². The fourth-order valence-electron chi connectivity index (χ4n) is 3.13. The molecule has 0 radical (unpaired) electrons. The molecule has 210 valence electrons. The lowest BCUT2D eigenvalue weighted by Crippen LogP contribution is -2.45. The average molecular weight is 526 g/mol. The summed E-state index contributed by atoms with van der Waals surface area (Å²) >= 11 is 0. The quantitative estimate of drug-likeness (QED) is 0.230. The van der Waals surface area contributed by atoms with Gasteiger partial charge in [-0.25, -0.2) is 4.79 Å². The van der Waals surface area contributed by atoms with E-state index in [-0.39, 0.29) is 19.1 Å². The number of ether oxygens (including phenoxy) is 5. The van der Waals surface area contributed by atoms with Crippen LogP contribution in [0, 0.1) is 0 Å². The van der Waals surface area contributed by atoms with Crippen LogP contribution in [0.4, 0.5) is 4.79 Å². The first kappa shape index (κ1) is 32.3. The van der Waals surface area contributed by atoms with Crippen LogP contribution in [0.1, 0.15) is 51.7 Å². The summed E-state index contributed by atoms with van der Waals surface area (Å²) in [5.41, 5.74) is 11.7. The van der Waals surface area contributed by atoms with Gasteiger partial charge in [0, 0.05) is 6.42 Å². The van der Waals surface area contributed by atoms with Gasteiger partial charge in [0.25, 0.3) is 0 Å². The first-order chi connectivity index (χ1) is 17.5. The highest BCUT2D eigenvalue weighted by Crippen LogP contribution is 2.13. The molecular formula is C26H43N3O8. The Morgan fingerprint density at radius 3 is 2.00 bits per heavy atom. The predicted octanol–water partition coefficient (Wildman–Crippen LogP) is 1.83. The zero-order valence-electron chi connectivity index (χ0n) is 22.5. The summed E-state index contributed by atoms with van der Waals surface area (Å²) in [6.07, 6.45) is 0.307. The Balaban J connectivity index is 2.35. The Kier molecular flexibility index (Phi) is 15.4. The van der Waals surface area contributed by atoms with Crippen LogP contribution in [0.2, 0.25) is 0 Å². The van der Waals surface area contributed by atoms with Crippen molar-refractivity contribution in [1.29, 1.82) is 0 Å². The number of amides is 3. The zero-order valence-corrected chi connectivity index (χ0v) is 22.5. The van der Waals surface area contributed by atoms with Crippen molar-refractivity contribution in [3.8, 4) is 0 Å². The fourth-order valence-corrected chi connectivity index (χ4v) is 3.13. The van der Waals surface area contributed by atoms with Crippen LogP contribution in [0.3, 0.4) is 0 Å². The molecule has 1 aromatic rings. The molecule has 0 aliphatic carbocycles. The van der Waals surface area contributed by atoms with Gasteiger partial charge in [-0.05, 0) is 51.7 Å². The average Bonchev–Trinajstić information content (AvgIpc) is 2.80. The molecule has 0 aromatic heterocycles. The molecule has 0 aliphatic rings. The van der Waals surface area contributed by atoms with Crippen LogP contribution in [0.5, 0.6) is 0 Å². The number of alkyl carbamates (subject to hydrolysis) is 1. The molecule has 0 aliphatic heterocycles. The normalized spacial score (nSPS) is 13.1. The second kappa shape index (κ2) is 17.7. The summed E-state index contributed by atoms with van der Waals surface area (Å²) in [5, 5.41) is 2.79. The Hall–Kier alpha value is -2.73. The number of carbonyl (C=O) groups is 3. The lowest BCUT2D eigenvalue weighted by atomic mass is 10.1. The van der Waals surface area contributed by atoms with Gasteiger partial charge in [-0.15, -0.1) is 0 Å². The molecule has 0 fully saturated rings. The van der Waals surface area contributed by atoms with Crippen molar-refractivity contribution in [3.05, 3.63) is 35.4 Å². The minimum absolute atomic E-state index is 0.105. The highest BCUT2D eigenvalue weighted by atomic mass is 16.6. The van der Waals surface area contributed by atoms with Crippen LogP contribution >= 0.6 is 0 Å². The molecular weight excluding hydrogens is 482 g/mol. The van der Waals surface area contributed by atoms with Gasteiger partial charge < -0.3 is 40.5 Å². The number of nitrogens with two attached hydrogens (primary N) is 2. The third-order valence-corrected chi connectivity index (χ3v) is 5.03. The second-order valence-electron chi connectivity index (χ2n) is 9.58. The number of carbonyl (C=O) groups excluding carboxylic acids is 3. The summed E-state index contributed by atoms with van der Waals surface area (Å²) in [5.74, 6) is -0.946. The topological polar surface area (TPSA) is 161 Å². The summed E-state index contributed by atoms with van der Waals surface area (Å²) < 4.78 is 27.2. The molecule has 0 saturated heterocycles. The number of benzene rings is 1. The van der Waals surface area contributed by atoms with Gasteiger partial charge in [0.15, 0.2) is 0 Å². The summed E-state index contributed by atoms with van der Waals surface area (Å²) in [6, 6.07) is 7.57. The van der Waals surface area contributed by atoms with E-state index in [0.29, 0.717) is 46.1 Å². The van der Waals surface area contributed by atoms with E-state index in [2.05, 4.69) is 5.32 Å². The largest absolute Gasteiger partial charge is 0.444 e. The highest BCUT2D eigenvalue weighted by molar-refractivity contribution is 5.75. The molecule has 3 amide bonds. The summed E-state index contributed by atoms with van der Waals surface area (Å²) in [6.45, 7) is 9.59. The van der Waals surface area contributed by atoms with Gasteiger partial charge in [-0.2, -0.15) is 0 Å². The van der Waals surface area contributed by atoms with E-state index in [1.54, 1.807) is 20.8 Å². The van der Waals surface area contributed by atoms with Gasteiger partial charge in [-0.3, -0.25) is 9.59 Å². The molecule has 0 saturated carbocycles. The minimum Gasteiger partial charge on any atom is -0.444 e. The SMILES string of the molecule is C[C@@H](OCc1ccc(CCOCCOCCOCC(N)=O)cc1)[C@H](CCC(N)=O)NC(=O)OC(C)(C)C. The first-order valence-electron chi connectivity index (χ1n) is 12.4. The molecule has 0 heterocycles. The Labute approximate surface area is 219 Å². The lowest BCUT2D eigenvalue weighted by molar-refractivity contribution is -0.123. The molecule has 1 aromatic carbocycles. The summed E-state index contributed by atoms with van der Waals surface area (Å²) in [7, 11) is 0. The number of hydrogen-bond acceptors (Lipinski definition) is 8. The van der Waals surface area contributed by atoms with Crippen molar-refractivity contribution in [2.45, 2.75) is 71.3 Å². The molecule has 11 nitrogen and oxygen atoms in total. The molecule has 0 unspecified atom stereocenters. The highest BCUT2D eigenvalue weighted by Gasteiger charge is 2.24. The lowest BCUT2D eigenvalue weighted by Gasteiger charge is -2.27. The van der Waals surface area contributed by atoms with Crippen LogP contribution < -0.4 is 16.8 Å². The monoisotopic (exact) mass is 525 g/mol. The van der Waals surface area contributed by atoms with Crippen molar-refractivity contribution >= 4 is 17.9 Å². The van der Waals surface area contributed by atoms with E-state index in [9.17, 15) is 14.4 Å². The molecule has 5 N–H and O–H groups in total. The number of nitrogens with one attached hydrogen (secondary N) is 1. The standard InChI is InChI=1S/C26H43N3O8/c1-19(22(9-10-23(27)30)29-25(32)37-26(2,3)4)36-17-21-7-5-20(6-8-21)11-12-33-13-14-34-15-16-35-18-24(28)31/h5-8,19,22H,9-18H2,1-4H3,(H2,27,30)(H2,28,31)(H,29,32)/t19-,22+/m1/s1. The molecule has 2 atom stereocenters. The predicted molar refractivity (Wildman–Crippen MR) is 138 cm³/mol. The van der Waals surface area contributed by atoms with Crippen LogP contribution in [-0.2, 0) is 46.3 Å². The molecule has 0 spiro atoms. The van der Waals surface area contributed by atoms with Gasteiger partial charge in [-0.1, -0.05) is 24.3 Å². The third kappa shape index (κ3) is 17.4. The molecule has 37 heavy (non-hydrogen) atoms. The van der Waals surface area contributed by atoms with Crippen molar-refractivity contribution in [2.75, 3.05) is 39.6 Å². The second-order valence-corrected chi connectivity index (χ2v) is 9.58. The molecule has 1 rings (SSSR count). The number of rotatable bonds is 19.